The van der Waals surface area contributed by atoms with Gasteiger partial charge in [0, 0.05) is 16.9 Å². The topological polar surface area (TPSA) is 66.4 Å². The van der Waals surface area contributed by atoms with E-state index in [0.717, 1.165) is 0 Å². The third-order valence-electron chi connectivity index (χ3n) is 4.27. The Hall–Kier alpha value is -2.27. The maximum absolute atomic E-state index is 12.7. The lowest BCUT2D eigenvalue weighted by Gasteiger charge is -2.26. The molecule has 0 saturated heterocycles. The fraction of sp³-hybridized carbons (Fsp3) is 0.333. The zero-order valence-corrected chi connectivity index (χ0v) is 16.4. The lowest BCUT2D eigenvalue weighted by molar-refractivity contribution is -0.136. The van der Waals surface area contributed by atoms with Gasteiger partial charge in [0.2, 0.25) is 0 Å². The second kappa shape index (κ2) is 8.41. The molecule has 2 aromatic rings. The van der Waals surface area contributed by atoms with E-state index >= 15 is 0 Å². The molecule has 1 atom stereocenters. The highest BCUT2D eigenvalue weighted by Gasteiger charge is 2.23. The Kier molecular flexibility index (Phi) is 6.48. The van der Waals surface area contributed by atoms with Crippen molar-refractivity contribution in [2.24, 2.45) is 0 Å². The zero-order valence-electron chi connectivity index (χ0n) is 15.6. The van der Waals surface area contributed by atoms with Gasteiger partial charge in [0.25, 0.3) is 5.91 Å². The number of aliphatic carboxylic acids is 1. The Bertz CT molecular complexity index is 801. The minimum atomic E-state index is -0.897. The summed E-state index contributed by atoms with van der Waals surface area (Å²) in [5, 5.41) is 11.5. The number of hydrogen-bond acceptors (Lipinski definition) is 3. The van der Waals surface area contributed by atoms with E-state index in [0.29, 0.717) is 17.0 Å². The first-order valence-electron chi connectivity index (χ1n) is 8.54. The molecule has 2 aromatic carbocycles. The summed E-state index contributed by atoms with van der Waals surface area (Å²) in [6, 6.07) is 15.4. The minimum absolute atomic E-state index is 0.189. The van der Waals surface area contributed by atoms with Crippen LogP contribution in [0.15, 0.2) is 53.4 Å². The number of carboxylic acids is 1. The first-order valence-corrected chi connectivity index (χ1v) is 9.42. The molecule has 0 radical (unpaired) electrons. The number of benzene rings is 2. The average molecular weight is 372 g/mol. The largest absolute Gasteiger partial charge is 0.480 e. The third-order valence-corrected chi connectivity index (χ3v) is 5.44. The second-order valence-corrected chi connectivity index (χ2v) is 8.41. The van der Waals surface area contributed by atoms with Crippen LogP contribution in [-0.4, -0.2) is 28.8 Å². The summed E-state index contributed by atoms with van der Waals surface area (Å²) in [6.45, 7) is 8.34. The molecule has 1 amide bonds. The van der Waals surface area contributed by atoms with Gasteiger partial charge in [-0.25, -0.2) is 0 Å². The summed E-state index contributed by atoms with van der Waals surface area (Å²) in [7, 11) is 0. The van der Waals surface area contributed by atoms with Gasteiger partial charge >= 0.3 is 5.97 Å². The Morgan fingerprint density at radius 2 is 1.85 bits per heavy atom. The maximum Gasteiger partial charge on any atom is 0.316 e. The minimum Gasteiger partial charge on any atom is -0.480 e. The summed E-state index contributed by atoms with van der Waals surface area (Å²) < 4.78 is 0. The number of carbonyl (C=O) groups is 2. The highest BCUT2D eigenvalue weighted by Crippen LogP contribution is 2.28. The first kappa shape index (κ1) is 20.0. The smallest absolute Gasteiger partial charge is 0.316 e. The fourth-order valence-corrected chi connectivity index (χ4v) is 3.49. The predicted molar refractivity (Wildman–Crippen MR) is 106 cm³/mol. The molecule has 0 aromatic heterocycles. The number of rotatable bonds is 7. The molecule has 1 unspecified atom stereocenters. The monoisotopic (exact) mass is 371 g/mol. The van der Waals surface area contributed by atoms with E-state index in [-0.39, 0.29) is 11.3 Å². The molecule has 4 nitrogen and oxygen atoms in total. The van der Waals surface area contributed by atoms with E-state index in [9.17, 15) is 9.59 Å². The van der Waals surface area contributed by atoms with Crippen molar-refractivity contribution >= 4 is 23.6 Å². The van der Waals surface area contributed by atoms with Crippen molar-refractivity contribution in [3.8, 4) is 0 Å². The molecule has 0 fully saturated rings. The number of carboxylic acid groups (broad SMARTS) is 1. The van der Waals surface area contributed by atoms with Gasteiger partial charge in [-0.05, 0) is 31.5 Å². The van der Waals surface area contributed by atoms with Crippen LogP contribution in [-0.2, 0) is 10.2 Å². The van der Waals surface area contributed by atoms with E-state index in [1.165, 1.54) is 22.9 Å². The van der Waals surface area contributed by atoms with Crippen LogP contribution in [0.25, 0.3) is 0 Å². The van der Waals surface area contributed by atoms with Crippen LogP contribution in [0.3, 0.4) is 0 Å². The van der Waals surface area contributed by atoms with E-state index in [1.54, 1.807) is 25.1 Å². The van der Waals surface area contributed by atoms with Gasteiger partial charge in [-0.2, -0.15) is 0 Å². The van der Waals surface area contributed by atoms with Crippen molar-refractivity contribution in [2.45, 2.75) is 43.3 Å². The lowest BCUT2D eigenvalue weighted by atomic mass is 9.84. The number of amides is 1. The van der Waals surface area contributed by atoms with Crippen molar-refractivity contribution in [1.82, 2.24) is 5.32 Å². The molecule has 26 heavy (non-hydrogen) atoms. The third kappa shape index (κ3) is 5.11. The lowest BCUT2D eigenvalue weighted by Crippen LogP contribution is -2.37. The van der Waals surface area contributed by atoms with Crippen molar-refractivity contribution in [3.05, 3.63) is 65.2 Å². The summed E-state index contributed by atoms with van der Waals surface area (Å²) in [5.41, 5.74) is 2.65. The molecular formula is C21H25NO3S. The van der Waals surface area contributed by atoms with Crippen molar-refractivity contribution in [3.63, 3.8) is 0 Å². The normalized spacial score (nSPS) is 12.5. The maximum atomic E-state index is 12.7. The Morgan fingerprint density at radius 1 is 1.15 bits per heavy atom. The van der Waals surface area contributed by atoms with E-state index < -0.39 is 11.2 Å². The number of hydrogen-bond donors (Lipinski definition) is 2. The van der Waals surface area contributed by atoms with Crippen molar-refractivity contribution in [2.75, 3.05) is 6.54 Å². The number of aryl methyl sites for hydroxylation is 1. The van der Waals surface area contributed by atoms with Gasteiger partial charge in [-0.15, -0.1) is 11.8 Å². The quantitative estimate of drug-likeness (QED) is 0.714. The molecule has 0 heterocycles. The van der Waals surface area contributed by atoms with Crippen molar-refractivity contribution < 1.29 is 14.7 Å². The van der Waals surface area contributed by atoms with Crippen LogP contribution in [0.1, 0.15) is 42.3 Å². The van der Waals surface area contributed by atoms with Gasteiger partial charge in [0.15, 0.2) is 0 Å². The molecule has 138 valence electrons. The molecule has 0 aliphatic rings. The van der Waals surface area contributed by atoms with Crippen LogP contribution in [0.2, 0.25) is 0 Å². The zero-order chi connectivity index (χ0) is 19.3. The summed E-state index contributed by atoms with van der Waals surface area (Å²) in [5.74, 6) is -1.09. The molecule has 2 N–H and O–H groups in total. The van der Waals surface area contributed by atoms with E-state index in [2.05, 4.69) is 44.3 Å². The highest BCUT2D eigenvalue weighted by molar-refractivity contribution is 8.00. The van der Waals surface area contributed by atoms with Crippen molar-refractivity contribution in [1.29, 1.82) is 0 Å². The van der Waals surface area contributed by atoms with Crippen LogP contribution in [0.4, 0.5) is 0 Å². The molecule has 0 aliphatic heterocycles. The van der Waals surface area contributed by atoms with Gasteiger partial charge in [-0.1, -0.05) is 55.8 Å². The Morgan fingerprint density at radius 3 is 2.50 bits per heavy atom. The Labute approximate surface area is 159 Å². The van der Waals surface area contributed by atoms with E-state index in [1.807, 2.05) is 12.1 Å². The Balaban J connectivity index is 2.12. The molecule has 0 bridgehead atoms. The van der Waals surface area contributed by atoms with Gasteiger partial charge in [-0.3, -0.25) is 9.59 Å². The van der Waals surface area contributed by atoms with Crippen LogP contribution in [0.5, 0.6) is 0 Å². The molecule has 0 saturated carbocycles. The molecule has 0 spiro atoms. The highest BCUT2D eigenvalue weighted by atomic mass is 32.2. The van der Waals surface area contributed by atoms with E-state index in [4.69, 9.17) is 5.11 Å². The van der Waals surface area contributed by atoms with Crippen LogP contribution < -0.4 is 5.32 Å². The molecule has 2 rings (SSSR count). The molecule has 5 heteroatoms. The number of thioether (sulfide) groups is 1. The number of nitrogens with one attached hydrogen (secondary N) is 1. The van der Waals surface area contributed by atoms with Gasteiger partial charge in [0.1, 0.15) is 5.25 Å². The SMILES string of the molecule is Cc1cccc(C(C)(C)CNC(=O)c2ccccc2SC(C)C(=O)O)c1. The summed E-state index contributed by atoms with van der Waals surface area (Å²) in [6.07, 6.45) is 0. The fourth-order valence-electron chi connectivity index (χ4n) is 2.56. The second-order valence-electron chi connectivity index (χ2n) is 7.03. The summed E-state index contributed by atoms with van der Waals surface area (Å²) in [4.78, 5) is 24.5. The van der Waals surface area contributed by atoms with Gasteiger partial charge < -0.3 is 10.4 Å². The predicted octanol–water partition coefficient (Wildman–Crippen LogP) is 4.27. The van der Waals surface area contributed by atoms with Crippen LogP contribution >= 0.6 is 11.8 Å². The standard InChI is InChI=1S/C21H25NO3S/c1-14-8-7-9-16(12-14)21(3,4)13-22-19(23)17-10-5-6-11-18(17)26-15(2)20(24)25/h5-12,15H,13H2,1-4H3,(H,22,23)(H,24,25). The van der Waals surface area contributed by atoms with Gasteiger partial charge in [0.05, 0.1) is 5.56 Å². The first-order chi connectivity index (χ1) is 12.2. The van der Waals surface area contributed by atoms with Crippen LogP contribution in [0, 0.1) is 6.92 Å². The molecular weight excluding hydrogens is 346 g/mol. The average Bonchev–Trinajstić information content (AvgIpc) is 2.60. The summed E-state index contributed by atoms with van der Waals surface area (Å²) >= 11 is 1.18. The number of carbonyl (C=O) groups excluding carboxylic acids is 1. The molecule has 0 aliphatic carbocycles.